The average Bonchev–Trinajstić information content (AvgIpc) is 2.94. The van der Waals surface area contributed by atoms with Crippen LogP contribution in [0, 0.1) is 6.92 Å². The number of hydrogen-bond acceptors (Lipinski definition) is 4. The summed E-state index contributed by atoms with van der Waals surface area (Å²) in [6.07, 6.45) is 3.87. The highest BCUT2D eigenvalue weighted by molar-refractivity contribution is 7.16. The van der Waals surface area contributed by atoms with E-state index in [-0.39, 0.29) is 0 Å². The van der Waals surface area contributed by atoms with E-state index in [1.165, 1.54) is 11.1 Å². The minimum absolute atomic E-state index is 0.467. The van der Waals surface area contributed by atoms with E-state index in [0.717, 1.165) is 28.5 Å². The molecule has 0 fully saturated rings. The van der Waals surface area contributed by atoms with Crippen LogP contribution in [0.2, 0.25) is 0 Å². The second kappa shape index (κ2) is 5.11. The van der Waals surface area contributed by atoms with E-state index in [2.05, 4.69) is 41.3 Å². The fourth-order valence-electron chi connectivity index (χ4n) is 2.10. The largest absolute Gasteiger partial charge is 0.325 e. The predicted octanol–water partition coefficient (Wildman–Crippen LogP) is 2.34. The van der Waals surface area contributed by atoms with Crippen molar-refractivity contribution in [1.82, 2.24) is 14.6 Å². The minimum atomic E-state index is 0.467. The van der Waals surface area contributed by atoms with Gasteiger partial charge in [-0.1, -0.05) is 41.2 Å². The van der Waals surface area contributed by atoms with E-state index >= 15 is 0 Å². The van der Waals surface area contributed by atoms with Crippen LogP contribution in [0.25, 0.3) is 4.96 Å². The predicted molar refractivity (Wildman–Crippen MR) is 77.3 cm³/mol. The summed E-state index contributed by atoms with van der Waals surface area (Å²) in [6, 6.07) is 8.62. The molecule has 0 saturated heterocycles. The molecule has 2 N–H and O–H groups in total. The van der Waals surface area contributed by atoms with E-state index in [1.54, 1.807) is 11.3 Å². The Morgan fingerprint density at radius 1 is 1.32 bits per heavy atom. The van der Waals surface area contributed by atoms with E-state index < -0.39 is 0 Å². The fourth-order valence-corrected chi connectivity index (χ4v) is 3.00. The van der Waals surface area contributed by atoms with Crippen LogP contribution in [-0.2, 0) is 19.4 Å². The van der Waals surface area contributed by atoms with Gasteiger partial charge in [0.25, 0.3) is 0 Å². The Labute approximate surface area is 115 Å². The van der Waals surface area contributed by atoms with Gasteiger partial charge in [-0.05, 0) is 18.9 Å². The topological polar surface area (TPSA) is 56.2 Å². The van der Waals surface area contributed by atoms with Gasteiger partial charge in [-0.25, -0.2) is 9.50 Å². The molecule has 0 aliphatic rings. The van der Waals surface area contributed by atoms with Crippen LogP contribution in [0.3, 0.4) is 0 Å². The lowest BCUT2D eigenvalue weighted by molar-refractivity contribution is 0.862. The van der Waals surface area contributed by atoms with Crippen LogP contribution in [0.1, 0.15) is 21.8 Å². The highest BCUT2D eigenvalue weighted by Crippen LogP contribution is 2.17. The third kappa shape index (κ3) is 2.67. The van der Waals surface area contributed by atoms with Crippen LogP contribution in [0.15, 0.2) is 30.5 Å². The zero-order valence-electron chi connectivity index (χ0n) is 10.8. The van der Waals surface area contributed by atoms with Crippen LogP contribution >= 0.6 is 11.3 Å². The Morgan fingerprint density at radius 2 is 2.21 bits per heavy atom. The molecule has 0 spiro atoms. The van der Waals surface area contributed by atoms with E-state index in [9.17, 15) is 0 Å². The van der Waals surface area contributed by atoms with Crippen molar-refractivity contribution in [3.05, 3.63) is 52.3 Å². The summed E-state index contributed by atoms with van der Waals surface area (Å²) >= 11 is 1.64. The Bertz CT molecular complexity index is 667. The zero-order valence-corrected chi connectivity index (χ0v) is 11.7. The van der Waals surface area contributed by atoms with Gasteiger partial charge in [0.2, 0.25) is 4.96 Å². The molecule has 0 aliphatic heterocycles. The van der Waals surface area contributed by atoms with Crippen molar-refractivity contribution in [2.45, 2.75) is 26.3 Å². The summed E-state index contributed by atoms with van der Waals surface area (Å²) in [7, 11) is 0. The standard InChI is InChI=1S/C14H16N4S/c1-10-3-2-4-11(7-10)5-6-13-17-18-9-12(8-15)16-14(18)19-13/h2-4,7,9H,5-6,8,15H2,1H3. The Balaban J connectivity index is 1.73. The number of aryl methyl sites for hydroxylation is 3. The van der Waals surface area contributed by atoms with Gasteiger partial charge in [-0.2, -0.15) is 5.10 Å². The van der Waals surface area contributed by atoms with Crippen LogP contribution in [0.4, 0.5) is 0 Å². The van der Waals surface area contributed by atoms with Gasteiger partial charge in [-0.3, -0.25) is 0 Å². The molecule has 2 heterocycles. The third-order valence-corrected chi connectivity index (χ3v) is 4.04. The molecule has 3 rings (SSSR count). The molecule has 98 valence electrons. The van der Waals surface area contributed by atoms with Crippen molar-refractivity contribution in [3.63, 3.8) is 0 Å². The lowest BCUT2D eigenvalue weighted by atomic mass is 10.1. The summed E-state index contributed by atoms with van der Waals surface area (Å²) in [5.41, 5.74) is 9.11. The summed E-state index contributed by atoms with van der Waals surface area (Å²) in [5.74, 6) is 0. The molecule has 0 radical (unpaired) electrons. The first kappa shape index (κ1) is 12.3. The van der Waals surface area contributed by atoms with Crippen molar-refractivity contribution < 1.29 is 0 Å². The van der Waals surface area contributed by atoms with E-state index in [4.69, 9.17) is 5.73 Å². The second-order valence-electron chi connectivity index (χ2n) is 4.65. The van der Waals surface area contributed by atoms with Gasteiger partial charge in [0, 0.05) is 13.0 Å². The number of benzene rings is 1. The maximum absolute atomic E-state index is 5.56. The molecule has 5 heteroatoms. The lowest BCUT2D eigenvalue weighted by Crippen LogP contribution is -1.96. The van der Waals surface area contributed by atoms with Crippen molar-refractivity contribution in [2.24, 2.45) is 5.73 Å². The Hall–Kier alpha value is -1.72. The van der Waals surface area contributed by atoms with Gasteiger partial charge in [0.05, 0.1) is 11.9 Å². The first-order chi connectivity index (χ1) is 9.24. The highest BCUT2D eigenvalue weighted by Gasteiger charge is 2.07. The molecule has 2 aromatic heterocycles. The molecule has 0 bridgehead atoms. The van der Waals surface area contributed by atoms with Crippen LogP contribution in [0.5, 0.6) is 0 Å². The Morgan fingerprint density at radius 3 is 2.95 bits per heavy atom. The van der Waals surface area contributed by atoms with E-state index in [0.29, 0.717) is 6.54 Å². The molecular formula is C14H16N4S. The normalized spacial score (nSPS) is 11.3. The molecule has 0 atom stereocenters. The van der Waals surface area contributed by atoms with Crippen LogP contribution < -0.4 is 5.73 Å². The van der Waals surface area contributed by atoms with Gasteiger partial charge in [0.1, 0.15) is 5.01 Å². The highest BCUT2D eigenvalue weighted by atomic mass is 32.1. The smallest absolute Gasteiger partial charge is 0.212 e. The number of nitrogens with two attached hydrogens (primary N) is 1. The number of fused-ring (bicyclic) bond motifs is 1. The zero-order chi connectivity index (χ0) is 13.2. The summed E-state index contributed by atoms with van der Waals surface area (Å²) < 4.78 is 1.83. The second-order valence-corrected chi connectivity index (χ2v) is 5.69. The molecule has 3 aromatic rings. The fraction of sp³-hybridized carbons (Fsp3) is 0.286. The molecule has 0 saturated carbocycles. The molecular weight excluding hydrogens is 256 g/mol. The van der Waals surface area contributed by atoms with Crippen molar-refractivity contribution in [2.75, 3.05) is 0 Å². The molecule has 0 unspecified atom stereocenters. The van der Waals surface area contributed by atoms with Crippen LogP contribution in [-0.4, -0.2) is 14.6 Å². The monoisotopic (exact) mass is 272 g/mol. The van der Waals surface area contributed by atoms with Gasteiger partial charge in [0.15, 0.2) is 0 Å². The molecule has 1 aromatic carbocycles. The summed E-state index contributed by atoms with van der Waals surface area (Å²) in [4.78, 5) is 5.35. The maximum atomic E-state index is 5.56. The van der Waals surface area contributed by atoms with Crippen molar-refractivity contribution in [3.8, 4) is 0 Å². The molecule has 0 aliphatic carbocycles. The number of rotatable bonds is 4. The SMILES string of the molecule is Cc1cccc(CCc2nn3cc(CN)nc3s2)c1. The first-order valence-electron chi connectivity index (χ1n) is 6.34. The number of nitrogens with zero attached hydrogens (tertiary/aromatic N) is 3. The Kier molecular flexibility index (Phi) is 3.31. The molecule has 4 nitrogen and oxygen atoms in total. The van der Waals surface area contributed by atoms with Gasteiger partial charge >= 0.3 is 0 Å². The number of imidazole rings is 1. The molecule has 19 heavy (non-hydrogen) atoms. The average molecular weight is 272 g/mol. The molecule has 0 amide bonds. The third-order valence-electron chi connectivity index (χ3n) is 3.05. The quantitative estimate of drug-likeness (QED) is 0.793. The van der Waals surface area contributed by atoms with Crippen molar-refractivity contribution >= 4 is 16.3 Å². The maximum Gasteiger partial charge on any atom is 0.212 e. The lowest BCUT2D eigenvalue weighted by Gasteiger charge is -2.00. The summed E-state index contributed by atoms with van der Waals surface area (Å²) in [5, 5.41) is 5.65. The van der Waals surface area contributed by atoms with E-state index in [1.807, 2.05) is 10.7 Å². The summed E-state index contributed by atoms with van der Waals surface area (Å²) in [6.45, 7) is 2.59. The number of aromatic nitrogens is 3. The van der Waals surface area contributed by atoms with Gasteiger partial charge < -0.3 is 5.73 Å². The van der Waals surface area contributed by atoms with Gasteiger partial charge in [-0.15, -0.1) is 0 Å². The number of hydrogen-bond donors (Lipinski definition) is 1. The first-order valence-corrected chi connectivity index (χ1v) is 7.16. The minimum Gasteiger partial charge on any atom is -0.325 e. The van der Waals surface area contributed by atoms with Crippen molar-refractivity contribution in [1.29, 1.82) is 0 Å².